The molecule has 2 heterocycles. The van der Waals surface area contributed by atoms with E-state index in [9.17, 15) is 4.79 Å². The second-order valence-corrected chi connectivity index (χ2v) is 9.18. The number of thioether (sulfide) groups is 1. The summed E-state index contributed by atoms with van der Waals surface area (Å²) in [7, 11) is 0. The third-order valence-corrected chi connectivity index (χ3v) is 6.04. The van der Waals surface area contributed by atoms with Crippen molar-refractivity contribution in [2.24, 2.45) is 0 Å². The van der Waals surface area contributed by atoms with Gasteiger partial charge in [0, 0.05) is 18.8 Å². The number of aryl methyl sites for hydroxylation is 2. The number of nitrogens with zero attached hydrogens (tertiary/aromatic N) is 3. The number of hydrogen-bond donors (Lipinski definition) is 1. The molecule has 0 bridgehead atoms. The van der Waals surface area contributed by atoms with Crippen molar-refractivity contribution in [3.05, 3.63) is 53.6 Å². The van der Waals surface area contributed by atoms with E-state index in [1.165, 1.54) is 11.8 Å². The minimum absolute atomic E-state index is 0.0559. The van der Waals surface area contributed by atoms with Gasteiger partial charge in [0.1, 0.15) is 5.03 Å². The van der Waals surface area contributed by atoms with Crippen LogP contribution in [-0.4, -0.2) is 46.9 Å². The zero-order chi connectivity index (χ0) is 22.0. The van der Waals surface area contributed by atoms with Crippen molar-refractivity contribution in [2.45, 2.75) is 44.9 Å². The van der Waals surface area contributed by atoms with Gasteiger partial charge in [0.25, 0.3) is 0 Å². The van der Waals surface area contributed by atoms with Gasteiger partial charge in [0.15, 0.2) is 5.82 Å². The second-order valence-electron chi connectivity index (χ2n) is 8.22. The summed E-state index contributed by atoms with van der Waals surface area (Å²) in [6.45, 7) is 9.69. The molecular weight excluding hydrogens is 408 g/mol. The van der Waals surface area contributed by atoms with Gasteiger partial charge >= 0.3 is 0 Å². The second kappa shape index (κ2) is 9.24. The van der Waals surface area contributed by atoms with Crippen LogP contribution < -0.4 is 10.2 Å². The normalized spacial score (nSPS) is 18.9. The number of benzene rings is 2. The van der Waals surface area contributed by atoms with Gasteiger partial charge in [-0.2, -0.15) is 0 Å². The van der Waals surface area contributed by atoms with Gasteiger partial charge in [-0.3, -0.25) is 4.79 Å². The Hall–Kier alpha value is -2.64. The van der Waals surface area contributed by atoms with E-state index in [1.807, 2.05) is 50.2 Å². The number of amides is 1. The van der Waals surface area contributed by atoms with Crippen molar-refractivity contribution >= 4 is 40.2 Å². The number of fused-ring (bicyclic) bond motifs is 1. The van der Waals surface area contributed by atoms with Gasteiger partial charge in [-0.05, 0) is 63.1 Å². The molecule has 1 aromatic heterocycles. The molecule has 2 atom stereocenters. The van der Waals surface area contributed by atoms with Gasteiger partial charge in [-0.25, -0.2) is 9.97 Å². The molecule has 0 spiro atoms. The van der Waals surface area contributed by atoms with Crippen LogP contribution in [0.25, 0.3) is 11.0 Å². The summed E-state index contributed by atoms with van der Waals surface area (Å²) in [5, 5.41) is 3.78. The lowest BCUT2D eigenvalue weighted by Crippen LogP contribution is -2.46. The number of rotatable bonds is 5. The highest BCUT2D eigenvalue weighted by molar-refractivity contribution is 8.00. The lowest BCUT2D eigenvalue weighted by Gasteiger charge is -2.36. The first-order valence-corrected chi connectivity index (χ1v) is 11.5. The predicted octanol–water partition coefficient (Wildman–Crippen LogP) is 4.59. The number of hydrogen-bond acceptors (Lipinski definition) is 6. The van der Waals surface area contributed by atoms with Crippen LogP contribution in [0.3, 0.4) is 0 Å². The molecule has 2 unspecified atom stereocenters. The molecule has 0 saturated carbocycles. The van der Waals surface area contributed by atoms with Crippen molar-refractivity contribution in [3.63, 3.8) is 0 Å². The Bertz CT molecular complexity index is 1070. The van der Waals surface area contributed by atoms with Crippen molar-refractivity contribution in [2.75, 3.05) is 29.1 Å². The molecule has 4 rings (SSSR count). The number of ether oxygens (including phenoxy) is 1. The number of nitrogens with one attached hydrogen (secondary N) is 1. The van der Waals surface area contributed by atoms with Gasteiger partial charge < -0.3 is 15.0 Å². The van der Waals surface area contributed by atoms with Crippen LogP contribution in [0.5, 0.6) is 0 Å². The van der Waals surface area contributed by atoms with Crippen molar-refractivity contribution in [1.29, 1.82) is 0 Å². The first-order chi connectivity index (χ1) is 14.9. The van der Waals surface area contributed by atoms with Crippen LogP contribution in [0.1, 0.15) is 25.0 Å². The van der Waals surface area contributed by atoms with E-state index in [1.54, 1.807) is 0 Å². The Morgan fingerprint density at radius 3 is 2.32 bits per heavy atom. The third-order valence-electron chi connectivity index (χ3n) is 5.09. The first kappa shape index (κ1) is 21.6. The van der Waals surface area contributed by atoms with E-state index in [-0.39, 0.29) is 23.9 Å². The summed E-state index contributed by atoms with van der Waals surface area (Å²) in [6, 6.07) is 13.9. The molecule has 31 heavy (non-hydrogen) atoms. The molecule has 1 amide bonds. The Morgan fingerprint density at radius 2 is 1.68 bits per heavy atom. The highest BCUT2D eigenvalue weighted by Crippen LogP contribution is 2.31. The SMILES string of the molecule is Cc1cc(C)cc(NC(=O)CSc2nc3ccccc3nc2N2CC(C)OC(C)C2)c1. The minimum Gasteiger partial charge on any atom is -0.372 e. The van der Waals surface area contributed by atoms with Crippen LogP contribution in [0.15, 0.2) is 47.5 Å². The number of para-hydroxylation sites is 2. The van der Waals surface area contributed by atoms with Crippen molar-refractivity contribution in [3.8, 4) is 0 Å². The fraction of sp³-hybridized carbons (Fsp3) is 0.375. The van der Waals surface area contributed by atoms with Gasteiger partial charge in [0.05, 0.1) is 29.0 Å². The molecular formula is C24H28N4O2S. The molecule has 1 saturated heterocycles. The smallest absolute Gasteiger partial charge is 0.234 e. The Balaban J connectivity index is 1.56. The van der Waals surface area contributed by atoms with Crippen LogP contribution in [-0.2, 0) is 9.53 Å². The maximum atomic E-state index is 12.6. The summed E-state index contributed by atoms with van der Waals surface area (Å²) in [4.78, 5) is 24.6. The Kier molecular flexibility index (Phi) is 6.43. The first-order valence-electron chi connectivity index (χ1n) is 10.6. The zero-order valence-electron chi connectivity index (χ0n) is 18.4. The summed E-state index contributed by atoms with van der Waals surface area (Å²) in [6.07, 6.45) is 0.227. The molecule has 6 nitrogen and oxygen atoms in total. The Morgan fingerprint density at radius 1 is 1.06 bits per heavy atom. The number of morpholine rings is 1. The van der Waals surface area contributed by atoms with Crippen LogP contribution in [0, 0.1) is 13.8 Å². The van der Waals surface area contributed by atoms with Crippen molar-refractivity contribution in [1.82, 2.24) is 9.97 Å². The molecule has 1 fully saturated rings. The molecule has 2 aromatic carbocycles. The monoisotopic (exact) mass is 436 g/mol. The molecule has 1 aliphatic heterocycles. The number of aromatic nitrogens is 2. The summed E-state index contributed by atoms with van der Waals surface area (Å²) < 4.78 is 5.89. The average molecular weight is 437 g/mol. The maximum absolute atomic E-state index is 12.6. The zero-order valence-corrected chi connectivity index (χ0v) is 19.2. The molecule has 7 heteroatoms. The fourth-order valence-corrected chi connectivity index (χ4v) is 4.81. The van der Waals surface area contributed by atoms with Crippen LogP contribution >= 0.6 is 11.8 Å². The number of anilines is 2. The number of carbonyl (C=O) groups is 1. The fourth-order valence-electron chi connectivity index (χ4n) is 4.01. The van der Waals surface area contributed by atoms with E-state index < -0.39 is 0 Å². The van der Waals surface area contributed by atoms with Crippen molar-refractivity contribution < 1.29 is 9.53 Å². The largest absolute Gasteiger partial charge is 0.372 e. The predicted molar refractivity (Wildman–Crippen MR) is 127 cm³/mol. The van der Waals surface area contributed by atoms with E-state index >= 15 is 0 Å². The molecule has 0 radical (unpaired) electrons. The minimum atomic E-state index is -0.0559. The molecule has 162 valence electrons. The van der Waals surface area contributed by atoms with Gasteiger partial charge in [0.2, 0.25) is 5.91 Å². The van der Waals surface area contributed by atoms with E-state index in [0.717, 1.165) is 51.8 Å². The average Bonchev–Trinajstić information content (AvgIpc) is 2.70. The summed E-state index contributed by atoms with van der Waals surface area (Å²) in [5.74, 6) is 1.03. The molecule has 3 aromatic rings. The van der Waals surface area contributed by atoms with Crippen LogP contribution in [0.4, 0.5) is 11.5 Å². The van der Waals surface area contributed by atoms with Crippen LogP contribution in [0.2, 0.25) is 0 Å². The third kappa shape index (κ3) is 5.35. The molecule has 1 aliphatic rings. The molecule has 0 aliphatic carbocycles. The summed E-state index contributed by atoms with van der Waals surface area (Å²) >= 11 is 1.43. The van der Waals surface area contributed by atoms with E-state index in [4.69, 9.17) is 14.7 Å². The quantitative estimate of drug-likeness (QED) is 0.590. The van der Waals surface area contributed by atoms with E-state index in [2.05, 4.69) is 30.1 Å². The van der Waals surface area contributed by atoms with E-state index in [0.29, 0.717) is 0 Å². The van der Waals surface area contributed by atoms with Gasteiger partial charge in [-0.15, -0.1) is 0 Å². The topological polar surface area (TPSA) is 67.4 Å². The maximum Gasteiger partial charge on any atom is 0.234 e. The Labute approximate surface area is 187 Å². The standard InChI is InChI=1S/C24H28N4O2S/c1-15-9-16(2)11-19(10-15)25-22(29)14-31-24-23(28-12-17(3)30-18(4)13-28)26-20-7-5-6-8-21(20)27-24/h5-11,17-18H,12-14H2,1-4H3,(H,25,29). The lowest BCUT2D eigenvalue weighted by atomic mass is 10.1. The summed E-state index contributed by atoms with van der Waals surface area (Å²) in [5.41, 5.74) is 4.76. The lowest BCUT2D eigenvalue weighted by molar-refractivity contribution is -0.113. The molecule has 1 N–H and O–H groups in total. The number of carbonyl (C=O) groups excluding carboxylic acids is 1. The highest BCUT2D eigenvalue weighted by atomic mass is 32.2. The van der Waals surface area contributed by atoms with Gasteiger partial charge in [-0.1, -0.05) is 30.0 Å². The highest BCUT2D eigenvalue weighted by Gasteiger charge is 2.26.